The fourth-order valence-electron chi connectivity index (χ4n) is 3.76. The quantitative estimate of drug-likeness (QED) is 0.323. The maximum atomic E-state index is 13.3. The van der Waals surface area contributed by atoms with Crippen molar-refractivity contribution in [1.82, 2.24) is 0 Å². The summed E-state index contributed by atoms with van der Waals surface area (Å²) in [7, 11) is 0. The number of rotatable bonds is 4. The number of anilines is 2. The van der Waals surface area contributed by atoms with Crippen LogP contribution in [0.25, 0.3) is 10.8 Å². The van der Waals surface area contributed by atoms with Crippen molar-refractivity contribution < 1.29 is 24.3 Å². The molecule has 4 aromatic carbocycles. The predicted molar refractivity (Wildman–Crippen MR) is 141 cm³/mol. The van der Waals surface area contributed by atoms with Crippen molar-refractivity contribution in [2.24, 2.45) is 11.5 Å². The standard InChI is InChI=1S/C26H18Cl2N4O5/c27-18-5-1-3-7-20(18)31(25(29)36)23(34)15-10-9-14-13-22(33)17(12-16(14)11-15)24(35)32(26(30)37)21-8-4-2-6-19(21)28/h1-13,33H,(H2,29,36)(H2,30,37). The lowest BCUT2D eigenvalue weighted by Gasteiger charge is -2.21. The number of urea groups is 2. The topological polar surface area (TPSA) is 147 Å². The minimum absolute atomic E-state index is 0.0296. The van der Waals surface area contributed by atoms with Crippen LogP contribution < -0.4 is 21.3 Å². The Kier molecular flexibility index (Phi) is 7.01. The van der Waals surface area contributed by atoms with E-state index >= 15 is 0 Å². The van der Waals surface area contributed by atoms with Gasteiger partial charge in [-0.25, -0.2) is 19.4 Å². The van der Waals surface area contributed by atoms with Crippen molar-refractivity contribution in [2.45, 2.75) is 0 Å². The summed E-state index contributed by atoms with van der Waals surface area (Å²) < 4.78 is 0. The Morgan fingerprint density at radius 3 is 1.68 bits per heavy atom. The Hall–Kier alpha value is -4.60. The molecule has 0 unspecified atom stereocenters. The fraction of sp³-hybridized carbons (Fsp3) is 0. The number of amides is 6. The number of primary amides is 2. The second kappa shape index (κ2) is 10.2. The molecular formula is C26H18Cl2N4O5. The van der Waals surface area contributed by atoms with Gasteiger partial charge in [-0.3, -0.25) is 9.59 Å². The highest BCUT2D eigenvalue weighted by atomic mass is 35.5. The van der Waals surface area contributed by atoms with Gasteiger partial charge in [0.2, 0.25) is 0 Å². The van der Waals surface area contributed by atoms with Crippen LogP contribution in [0.15, 0.2) is 78.9 Å². The summed E-state index contributed by atoms with van der Waals surface area (Å²) in [4.78, 5) is 52.2. The number of nitrogens with two attached hydrogens (primary N) is 2. The summed E-state index contributed by atoms with van der Waals surface area (Å²) in [6.45, 7) is 0. The Balaban J connectivity index is 1.79. The minimum atomic E-state index is -1.11. The van der Waals surface area contributed by atoms with E-state index in [1.54, 1.807) is 24.3 Å². The van der Waals surface area contributed by atoms with Crippen molar-refractivity contribution in [3.63, 3.8) is 0 Å². The van der Waals surface area contributed by atoms with E-state index in [1.807, 2.05) is 0 Å². The van der Waals surface area contributed by atoms with Gasteiger partial charge in [-0.15, -0.1) is 0 Å². The van der Waals surface area contributed by atoms with E-state index in [4.69, 9.17) is 34.7 Å². The zero-order valence-corrected chi connectivity index (χ0v) is 20.4. The summed E-state index contributed by atoms with van der Waals surface area (Å²) in [5.41, 5.74) is 10.8. The molecule has 0 saturated heterocycles. The van der Waals surface area contributed by atoms with Crippen LogP contribution >= 0.6 is 23.2 Å². The van der Waals surface area contributed by atoms with E-state index in [1.165, 1.54) is 54.6 Å². The molecule has 0 atom stereocenters. The normalized spacial score (nSPS) is 10.6. The van der Waals surface area contributed by atoms with Crippen molar-refractivity contribution in [2.75, 3.05) is 9.80 Å². The smallest absolute Gasteiger partial charge is 0.326 e. The Morgan fingerprint density at radius 1 is 0.649 bits per heavy atom. The minimum Gasteiger partial charge on any atom is -0.507 e. The first-order chi connectivity index (χ1) is 17.6. The number of carbonyl (C=O) groups is 4. The molecule has 9 nitrogen and oxygen atoms in total. The molecule has 37 heavy (non-hydrogen) atoms. The summed E-state index contributed by atoms with van der Waals surface area (Å²) in [5, 5.41) is 11.6. The van der Waals surface area contributed by atoms with Crippen LogP contribution in [-0.2, 0) is 0 Å². The van der Waals surface area contributed by atoms with Crippen LogP contribution in [0, 0.1) is 0 Å². The first-order valence-corrected chi connectivity index (χ1v) is 11.4. The molecule has 11 heteroatoms. The molecule has 0 heterocycles. The zero-order valence-electron chi connectivity index (χ0n) is 18.9. The van der Waals surface area contributed by atoms with Gasteiger partial charge in [0.1, 0.15) is 5.75 Å². The SMILES string of the molecule is NC(=O)N(C(=O)c1ccc2cc(O)c(C(=O)N(C(N)=O)c3ccccc3Cl)cc2c1)c1ccccc1Cl. The van der Waals surface area contributed by atoms with Crippen LogP contribution in [-0.4, -0.2) is 29.0 Å². The average Bonchev–Trinajstić information content (AvgIpc) is 2.85. The monoisotopic (exact) mass is 536 g/mol. The first-order valence-electron chi connectivity index (χ1n) is 10.6. The lowest BCUT2D eigenvalue weighted by atomic mass is 10.0. The molecule has 0 radical (unpaired) electrons. The third-order valence-corrected chi connectivity index (χ3v) is 6.11. The van der Waals surface area contributed by atoms with Crippen LogP contribution in [0.5, 0.6) is 5.75 Å². The number of para-hydroxylation sites is 2. The number of hydrogen-bond donors (Lipinski definition) is 3. The van der Waals surface area contributed by atoms with Gasteiger partial charge in [0.15, 0.2) is 0 Å². The van der Waals surface area contributed by atoms with Gasteiger partial charge in [-0.2, -0.15) is 0 Å². The first kappa shape index (κ1) is 25.5. The number of carbonyl (C=O) groups excluding carboxylic acids is 4. The molecule has 186 valence electrons. The third kappa shape index (κ3) is 4.90. The lowest BCUT2D eigenvalue weighted by molar-refractivity contribution is 0.0985. The van der Waals surface area contributed by atoms with Gasteiger partial charge in [0, 0.05) is 5.56 Å². The van der Waals surface area contributed by atoms with Gasteiger partial charge >= 0.3 is 12.1 Å². The van der Waals surface area contributed by atoms with Gasteiger partial charge in [0.05, 0.1) is 27.0 Å². The summed E-state index contributed by atoms with van der Waals surface area (Å²) in [6, 6.07) is 17.0. The number of hydrogen-bond acceptors (Lipinski definition) is 5. The molecule has 0 saturated carbocycles. The van der Waals surface area contributed by atoms with Gasteiger partial charge < -0.3 is 16.6 Å². The molecule has 0 fully saturated rings. The van der Waals surface area contributed by atoms with E-state index in [2.05, 4.69) is 0 Å². The summed E-state index contributed by atoms with van der Waals surface area (Å²) in [5.74, 6) is -2.13. The number of phenolic OH excluding ortho intramolecular Hbond substituents is 1. The van der Waals surface area contributed by atoms with Gasteiger partial charge in [0.25, 0.3) is 11.8 Å². The summed E-state index contributed by atoms with van der Waals surface area (Å²) in [6.07, 6.45) is 0. The van der Waals surface area contributed by atoms with Crippen LogP contribution in [0.1, 0.15) is 20.7 Å². The number of aromatic hydroxyl groups is 1. The van der Waals surface area contributed by atoms with E-state index in [0.29, 0.717) is 15.7 Å². The fourth-order valence-corrected chi connectivity index (χ4v) is 4.20. The molecule has 0 aromatic heterocycles. The molecule has 0 aliphatic rings. The zero-order chi connectivity index (χ0) is 26.9. The Labute approximate surface area is 220 Å². The van der Waals surface area contributed by atoms with Crippen molar-refractivity contribution in [1.29, 1.82) is 0 Å². The molecule has 0 aliphatic carbocycles. The van der Waals surface area contributed by atoms with Crippen molar-refractivity contribution in [3.05, 3.63) is 100 Å². The van der Waals surface area contributed by atoms with Crippen molar-refractivity contribution >= 4 is 69.2 Å². The molecule has 4 rings (SSSR count). The van der Waals surface area contributed by atoms with E-state index in [9.17, 15) is 24.3 Å². The lowest BCUT2D eigenvalue weighted by Crippen LogP contribution is -2.41. The average molecular weight is 537 g/mol. The highest BCUT2D eigenvalue weighted by Crippen LogP contribution is 2.32. The number of phenols is 1. The Bertz CT molecular complexity index is 1590. The maximum absolute atomic E-state index is 13.3. The van der Waals surface area contributed by atoms with Crippen LogP contribution in [0.3, 0.4) is 0 Å². The molecular weight excluding hydrogens is 519 g/mol. The molecule has 0 spiro atoms. The molecule has 6 amide bonds. The second-order valence-electron chi connectivity index (χ2n) is 7.79. The number of halogens is 2. The highest BCUT2D eigenvalue weighted by molar-refractivity contribution is 6.36. The predicted octanol–water partition coefficient (Wildman–Crippen LogP) is 5.30. The van der Waals surface area contributed by atoms with E-state index < -0.39 is 29.6 Å². The molecule has 0 aliphatic heterocycles. The molecule has 5 N–H and O–H groups in total. The van der Waals surface area contributed by atoms with Crippen molar-refractivity contribution in [3.8, 4) is 5.75 Å². The second-order valence-corrected chi connectivity index (χ2v) is 8.61. The van der Waals surface area contributed by atoms with Gasteiger partial charge in [-0.05, 0) is 59.3 Å². The number of benzene rings is 4. The molecule has 0 bridgehead atoms. The van der Waals surface area contributed by atoms with Crippen LogP contribution in [0.4, 0.5) is 21.0 Å². The maximum Gasteiger partial charge on any atom is 0.326 e. The van der Waals surface area contributed by atoms with Crippen LogP contribution in [0.2, 0.25) is 10.0 Å². The van der Waals surface area contributed by atoms with E-state index in [-0.39, 0.29) is 32.5 Å². The number of nitrogens with zero attached hydrogens (tertiary/aromatic N) is 2. The molecule has 4 aromatic rings. The van der Waals surface area contributed by atoms with E-state index in [0.717, 1.165) is 4.90 Å². The Morgan fingerprint density at radius 2 is 1.16 bits per heavy atom. The van der Waals surface area contributed by atoms with Gasteiger partial charge in [-0.1, -0.05) is 53.5 Å². The largest absolute Gasteiger partial charge is 0.507 e. The number of fused-ring (bicyclic) bond motifs is 1. The number of imide groups is 2. The highest BCUT2D eigenvalue weighted by Gasteiger charge is 2.28. The third-order valence-electron chi connectivity index (χ3n) is 5.47. The summed E-state index contributed by atoms with van der Waals surface area (Å²) >= 11 is 12.3.